The molecule has 2 heterocycles. The molecule has 4 aromatic rings. The standard InChI is InChI=1S/C26H31N7.HI/c1-21-23(20-33(31-21)24-9-4-3-5-10-24)8-6-16-28-26(27-2)29-18-15-22-11-13-25(14-12-22)32-19-7-17-30-32;/h3-5,7,9-14,17,19-20H,6,8,15-16,18H2,1-2H3,(H2,27,28,29);1H. The lowest BCUT2D eigenvalue weighted by molar-refractivity contribution is 0.737. The normalized spacial score (nSPS) is 11.2. The molecular weight excluding hydrogens is 537 g/mol. The summed E-state index contributed by atoms with van der Waals surface area (Å²) in [5.74, 6) is 0.833. The summed E-state index contributed by atoms with van der Waals surface area (Å²) in [7, 11) is 1.81. The summed E-state index contributed by atoms with van der Waals surface area (Å²) in [6.45, 7) is 3.75. The van der Waals surface area contributed by atoms with Crippen LogP contribution in [0.5, 0.6) is 0 Å². The summed E-state index contributed by atoms with van der Waals surface area (Å²) in [6, 6.07) is 20.6. The fourth-order valence-corrected chi connectivity index (χ4v) is 3.72. The third-order valence-electron chi connectivity index (χ3n) is 5.57. The van der Waals surface area contributed by atoms with E-state index in [2.05, 4.69) is 75.3 Å². The van der Waals surface area contributed by atoms with Crippen molar-refractivity contribution in [1.82, 2.24) is 30.2 Å². The van der Waals surface area contributed by atoms with E-state index in [9.17, 15) is 0 Å². The smallest absolute Gasteiger partial charge is 0.190 e. The second kappa shape index (κ2) is 12.9. The first kappa shape index (κ1) is 25.5. The molecule has 0 saturated heterocycles. The van der Waals surface area contributed by atoms with E-state index >= 15 is 0 Å². The number of nitrogens with zero attached hydrogens (tertiary/aromatic N) is 5. The van der Waals surface area contributed by atoms with Gasteiger partial charge in [0.15, 0.2) is 5.96 Å². The third kappa shape index (κ3) is 6.93. The monoisotopic (exact) mass is 569 g/mol. The summed E-state index contributed by atoms with van der Waals surface area (Å²) in [5, 5.41) is 15.7. The topological polar surface area (TPSA) is 72.1 Å². The van der Waals surface area contributed by atoms with Gasteiger partial charge in [-0.2, -0.15) is 10.2 Å². The molecule has 2 aromatic heterocycles. The number of nitrogens with one attached hydrogen (secondary N) is 2. The number of aromatic nitrogens is 4. The van der Waals surface area contributed by atoms with E-state index in [0.717, 1.165) is 55.4 Å². The van der Waals surface area contributed by atoms with Crippen molar-refractivity contribution in [1.29, 1.82) is 0 Å². The fourth-order valence-electron chi connectivity index (χ4n) is 3.72. The molecular formula is C26H32IN7. The Morgan fingerprint density at radius 2 is 1.62 bits per heavy atom. The van der Waals surface area contributed by atoms with Crippen molar-refractivity contribution in [3.63, 3.8) is 0 Å². The molecule has 2 N–H and O–H groups in total. The lowest BCUT2D eigenvalue weighted by Crippen LogP contribution is -2.38. The average molecular weight is 569 g/mol. The van der Waals surface area contributed by atoms with Gasteiger partial charge in [0.2, 0.25) is 0 Å². The van der Waals surface area contributed by atoms with Crippen LogP contribution in [-0.2, 0) is 12.8 Å². The summed E-state index contributed by atoms with van der Waals surface area (Å²) >= 11 is 0. The lowest BCUT2D eigenvalue weighted by Gasteiger charge is -2.12. The van der Waals surface area contributed by atoms with E-state index in [0.29, 0.717) is 0 Å². The van der Waals surface area contributed by atoms with Crippen molar-refractivity contribution in [2.45, 2.75) is 26.2 Å². The zero-order chi connectivity index (χ0) is 22.9. The predicted molar refractivity (Wildman–Crippen MR) is 149 cm³/mol. The highest BCUT2D eigenvalue weighted by molar-refractivity contribution is 14.0. The van der Waals surface area contributed by atoms with Gasteiger partial charge in [-0.15, -0.1) is 24.0 Å². The van der Waals surface area contributed by atoms with Gasteiger partial charge in [-0.05, 0) is 67.6 Å². The van der Waals surface area contributed by atoms with E-state index in [1.165, 1.54) is 11.1 Å². The van der Waals surface area contributed by atoms with Crippen molar-refractivity contribution < 1.29 is 0 Å². The van der Waals surface area contributed by atoms with Gasteiger partial charge in [-0.3, -0.25) is 4.99 Å². The van der Waals surface area contributed by atoms with Gasteiger partial charge >= 0.3 is 0 Å². The average Bonchev–Trinajstić information content (AvgIpc) is 3.52. The molecule has 0 bridgehead atoms. The molecule has 0 unspecified atom stereocenters. The Hall–Kier alpha value is -3.14. The van der Waals surface area contributed by atoms with E-state index in [-0.39, 0.29) is 24.0 Å². The number of benzene rings is 2. The molecule has 0 aliphatic heterocycles. The predicted octanol–water partition coefficient (Wildman–Crippen LogP) is 4.32. The molecule has 7 nitrogen and oxygen atoms in total. The Bertz CT molecular complexity index is 1150. The minimum absolute atomic E-state index is 0. The maximum Gasteiger partial charge on any atom is 0.190 e. The van der Waals surface area contributed by atoms with Crippen LogP contribution in [0.1, 0.15) is 23.2 Å². The number of aryl methyl sites for hydroxylation is 2. The summed E-state index contributed by atoms with van der Waals surface area (Å²) in [5.41, 5.74) is 5.80. The molecule has 0 radical (unpaired) electrons. The van der Waals surface area contributed by atoms with Crippen LogP contribution >= 0.6 is 24.0 Å². The Labute approximate surface area is 218 Å². The Morgan fingerprint density at radius 1 is 0.882 bits per heavy atom. The van der Waals surface area contributed by atoms with E-state index in [1.54, 1.807) is 6.20 Å². The van der Waals surface area contributed by atoms with Crippen LogP contribution in [0.25, 0.3) is 11.4 Å². The number of hydrogen-bond donors (Lipinski definition) is 2. The van der Waals surface area contributed by atoms with Crippen LogP contribution in [0.2, 0.25) is 0 Å². The zero-order valence-corrected chi connectivity index (χ0v) is 22.0. The van der Waals surface area contributed by atoms with Gasteiger partial charge in [0.1, 0.15) is 0 Å². The minimum atomic E-state index is 0. The Balaban J connectivity index is 0.00000324. The molecule has 0 atom stereocenters. The van der Waals surface area contributed by atoms with E-state index < -0.39 is 0 Å². The number of aliphatic imine (C=N–C) groups is 1. The highest BCUT2D eigenvalue weighted by Crippen LogP contribution is 2.13. The molecule has 8 heteroatoms. The van der Waals surface area contributed by atoms with Crippen LogP contribution in [0.15, 0.2) is 84.2 Å². The first-order valence-electron chi connectivity index (χ1n) is 11.4. The molecule has 0 aliphatic carbocycles. The summed E-state index contributed by atoms with van der Waals surface area (Å²) < 4.78 is 3.82. The molecule has 0 spiro atoms. The zero-order valence-electron chi connectivity index (χ0n) is 19.7. The first-order valence-corrected chi connectivity index (χ1v) is 11.4. The summed E-state index contributed by atoms with van der Waals surface area (Å²) in [6.07, 6.45) is 8.79. The van der Waals surface area contributed by atoms with Crippen molar-refractivity contribution in [2.75, 3.05) is 20.1 Å². The highest BCUT2D eigenvalue weighted by Gasteiger charge is 2.06. The van der Waals surface area contributed by atoms with E-state index in [1.807, 2.05) is 46.9 Å². The van der Waals surface area contributed by atoms with Gasteiger partial charge in [0.25, 0.3) is 0 Å². The van der Waals surface area contributed by atoms with Crippen LogP contribution < -0.4 is 10.6 Å². The highest BCUT2D eigenvalue weighted by atomic mass is 127. The number of para-hydroxylation sites is 1. The number of halogens is 1. The van der Waals surface area contributed by atoms with Gasteiger partial charge < -0.3 is 10.6 Å². The van der Waals surface area contributed by atoms with Gasteiger partial charge in [-0.25, -0.2) is 9.36 Å². The Kier molecular flexibility index (Phi) is 9.69. The second-order valence-electron chi connectivity index (χ2n) is 7.92. The van der Waals surface area contributed by atoms with Gasteiger partial charge in [0.05, 0.1) is 17.1 Å². The van der Waals surface area contributed by atoms with Gasteiger partial charge in [0, 0.05) is 38.7 Å². The quantitative estimate of drug-likeness (QED) is 0.136. The Morgan fingerprint density at radius 3 is 2.32 bits per heavy atom. The largest absolute Gasteiger partial charge is 0.356 e. The maximum atomic E-state index is 4.66. The van der Waals surface area contributed by atoms with Crippen LogP contribution in [0, 0.1) is 6.92 Å². The van der Waals surface area contributed by atoms with Crippen LogP contribution in [0.3, 0.4) is 0 Å². The van der Waals surface area contributed by atoms with Gasteiger partial charge in [-0.1, -0.05) is 30.3 Å². The fraction of sp³-hybridized carbons (Fsp3) is 0.269. The minimum Gasteiger partial charge on any atom is -0.356 e. The van der Waals surface area contributed by atoms with Crippen molar-refractivity contribution >= 4 is 29.9 Å². The molecule has 0 amide bonds. The number of rotatable bonds is 9. The molecule has 4 rings (SSSR count). The maximum absolute atomic E-state index is 4.66. The SMILES string of the molecule is CN=C(NCCCc1cn(-c2ccccc2)nc1C)NCCc1ccc(-n2cccn2)cc1.I. The molecule has 2 aromatic carbocycles. The number of guanidine groups is 1. The third-order valence-corrected chi connectivity index (χ3v) is 5.57. The lowest BCUT2D eigenvalue weighted by atomic mass is 10.1. The molecule has 34 heavy (non-hydrogen) atoms. The van der Waals surface area contributed by atoms with Crippen LogP contribution in [0.4, 0.5) is 0 Å². The van der Waals surface area contributed by atoms with Crippen molar-refractivity contribution in [2.24, 2.45) is 4.99 Å². The van der Waals surface area contributed by atoms with Crippen LogP contribution in [-0.4, -0.2) is 45.7 Å². The second-order valence-corrected chi connectivity index (χ2v) is 7.92. The summed E-state index contributed by atoms with van der Waals surface area (Å²) in [4.78, 5) is 4.34. The van der Waals surface area contributed by atoms with E-state index in [4.69, 9.17) is 0 Å². The van der Waals surface area contributed by atoms with Crippen molar-refractivity contribution in [3.8, 4) is 11.4 Å². The molecule has 0 aliphatic rings. The molecule has 178 valence electrons. The number of hydrogen-bond acceptors (Lipinski definition) is 3. The molecule has 0 fully saturated rings. The molecule has 0 saturated carbocycles. The first-order chi connectivity index (χ1) is 16.2. The van der Waals surface area contributed by atoms with Crippen molar-refractivity contribution in [3.05, 3.63) is 96.1 Å².